The van der Waals surface area contributed by atoms with Crippen molar-refractivity contribution in [3.63, 3.8) is 0 Å². The minimum Gasteiger partial charge on any atom is -0.390 e. The predicted octanol–water partition coefficient (Wildman–Crippen LogP) is 2.54. The van der Waals surface area contributed by atoms with Crippen LogP contribution in [0.4, 0.5) is 0 Å². The van der Waals surface area contributed by atoms with Crippen LogP contribution in [-0.2, 0) is 9.84 Å². The van der Waals surface area contributed by atoms with E-state index in [0.717, 1.165) is 31.3 Å². The minimum absolute atomic E-state index is 0. The summed E-state index contributed by atoms with van der Waals surface area (Å²) in [5, 5.41) is 15.7. The van der Waals surface area contributed by atoms with Gasteiger partial charge in [0.2, 0.25) is 0 Å². The van der Waals surface area contributed by atoms with Gasteiger partial charge in [-0.05, 0) is 24.3 Å². The first kappa shape index (κ1) is 25.0. The van der Waals surface area contributed by atoms with Crippen LogP contribution in [0.1, 0.15) is 20.8 Å². The van der Waals surface area contributed by atoms with Gasteiger partial charge in [-0.25, -0.2) is 8.42 Å². The molecule has 0 radical (unpaired) electrons. The molecule has 0 spiro atoms. The van der Waals surface area contributed by atoms with Gasteiger partial charge >= 0.3 is 0 Å². The zero-order chi connectivity index (χ0) is 19.2. The third-order valence-corrected chi connectivity index (χ3v) is 8.96. The molecule has 2 atom stereocenters. The number of nitrogens with one attached hydrogen (secondary N) is 1. The van der Waals surface area contributed by atoms with Gasteiger partial charge in [-0.3, -0.25) is 4.99 Å². The zero-order valence-electron chi connectivity index (χ0n) is 16.0. The fraction of sp³-hybridized carbons (Fsp3) is 0.706. The van der Waals surface area contributed by atoms with Crippen molar-refractivity contribution in [3.05, 3.63) is 17.5 Å². The number of halogens is 1. The molecule has 1 aromatic rings. The van der Waals surface area contributed by atoms with E-state index in [4.69, 9.17) is 0 Å². The molecule has 0 aromatic carbocycles. The quantitative estimate of drug-likeness (QED) is 0.310. The van der Waals surface area contributed by atoms with Crippen LogP contribution in [0.5, 0.6) is 0 Å². The second kappa shape index (κ2) is 11.8. The van der Waals surface area contributed by atoms with Crippen molar-refractivity contribution in [3.8, 4) is 0 Å². The standard InChI is InChI=1S/C17H29N3O3S3.HI/c1-4-18-17(20-7-9-24-15(11-20)13(2)3)19-10-14(21)12-26(22,23)16-6-5-8-25-16;/h5-6,8,13-15,21H,4,7,9-12H2,1-3H3,(H,18,19);1H. The number of rotatable bonds is 7. The Hall–Kier alpha value is -0.0400. The van der Waals surface area contributed by atoms with Gasteiger partial charge < -0.3 is 15.3 Å². The Balaban J connectivity index is 0.00000364. The highest BCUT2D eigenvalue weighted by molar-refractivity contribution is 14.0. The largest absolute Gasteiger partial charge is 0.390 e. The number of guanidine groups is 1. The van der Waals surface area contributed by atoms with Gasteiger partial charge in [0.1, 0.15) is 4.21 Å². The Morgan fingerprint density at radius 1 is 1.48 bits per heavy atom. The molecule has 156 valence electrons. The van der Waals surface area contributed by atoms with Crippen molar-refractivity contribution < 1.29 is 13.5 Å². The normalized spacial score (nSPS) is 19.7. The van der Waals surface area contributed by atoms with Crippen LogP contribution in [-0.4, -0.2) is 73.4 Å². The van der Waals surface area contributed by atoms with Crippen molar-refractivity contribution >= 4 is 62.9 Å². The summed E-state index contributed by atoms with van der Waals surface area (Å²) >= 11 is 3.16. The summed E-state index contributed by atoms with van der Waals surface area (Å²) < 4.78 is 24.8. The molecule has 2 heterocycles. The molecular formula is C17H30IN3O3S3. The maximum atomic E-state index is 12.3. The molecular weight excluding hydrogens is 517 g/mol. The van der Waals surface area contributed by atoms with Crippen LogP contribution in [0.3, 0.4) is 0 Å². The summed E-state index contributed by atoms with van der Waals surface area (Å²) in [6.07, 6.45) is -1.02. The molecule has 0 saturated carbocycles. The van der Waals surface area contributed by atoms with Gasteiger partial charge in [-0.2, -0.15) is 11.8 Å². The Bertz CT molecular complexity index is 681. The number of hydrogen-bond acceptors (Lipinski definition) is 6. The van der Waals surface area contributed by atoms with Crippen LogP contribution in [0, 0.1) is 5.92 Å². The first-order chi connectivity index (χ1) is 12.3. The average molecular weight is 548 g/mol. The second-order valence-electron chi connectivity index (χ2n) is 6.66. The lowest BCUT2D eigenvalue weighted by atomic mass is 10.1. The van der Waals surface area contributed by atoms with E-state index in [0.29, 0.717) is 15.4 Å². The SMILES string of the molecule is CCNC(=NCC(O)CS(=O)(=O)c1cccs1)N1CCSC(C(C)C)C1.I. The van der Waals surface area contributed by atoms with E-state index in [9.17, 15) is 13.5 Å². The van der Waals surface area contributed by atoms with E-state index in [-0.39, 0.29) is 36.3 Å². The summed E-state index contributed by atoms with van der Waals surface area (Å²) in [5.74, 6) is 2.09. The van der Waals surface area contributed by atoms with E-state index >= 15 is 0 Å². The topological polar surface area (TPSA) is 82.0 Å². The number of thiophene rings is 1. The molecule has 1 fully saturated rings. The van der Waals surface area contributed by atoms with Gasteiger partial charge in [-0.1, -0.05) is 19.9 Å². The third kappa shape index (κ3) is 7.71. The second-order valence-corrected chi connectivity index (χ2v) is 11.2. The van der Waals surface area contributed by atoms with Crippen LogP contribution in [0.25, 0.3) is 0 Å². The molecule has 1 saturated heterocycles. The molecule has 6 nitrogen and oxygen atoms in total. The molecule has 0 bridgehead atoms. The lowest BCUT2D eigenvalue weighted by Crippen LogP contribution is -2.49. The molecule has 0 aliphatic carbocycles. The summed E-state index contributed by atoms with van der Waals surface area (Å²) in [4.78, 5) is 6.72. The third-order valence-electron chi connectivity index (χ3n) is 4.14. The Morgan fingerprint density at radius 3 is 2.81 bits per heavy atom. The fourth-order valence-electron chi connectivity index (χ4n) is 2.72. The predicted molar refractivity (Wildman–Crippen MR) is 126 cm³/mol. The Labute approximate surface area is 188 Å². The molecule has 1 aliphatic rings. The number of sulfone groups is 1. The summed E-state index contributed by atoms with van der Waals surface area (Å²) in [7, 11) is -3.46. The van der Waals surface area contributed by atoms with Crippen LogP contribution in [0.2, 0.25) is 0 Å². The van der Waals surface area contributed by atoms with E-state index in [1.807, 2.05) is 18.7 Å². The first-order valence-corrected chi connectivity index (χ1v) is 12.5. The van der Waals surface area contributed by atoms with Gasteiger partial charge in [0.05, 0.1) is 18.4 Å². The summed E-state index contributed by atoms with van der Waals surface area (Å²) in [6, 6.07) is 3.27. The monoisotopic (exact) mass is 547 g/mol. The number of nitrogens with zero attached hydrogens (tertiary/aromatic N) is 2. The van der Waals surface area contributed by atoms with E-state index in [1.165, 1.54) is 11.3 Å². The molecule has 2 unspecified atom stereocenters. The molecule has 2 N–H and O–H groups in total. The molecule has 1 aliphatic heterocycles. The van der Waals surface area contributed by atoms with Gasteiger partial charge in [0.15, 0.2) is 15.8 Å². The van der Waals surface area contributed by atoms with Crippen LogP contribution < -0.4 is 5.32 Å². The number of hydrogen-bond donors (Lipinski definition) is 2. The highest BCUT2D eigenvalue weighted by Crippen LogP contribution is 2.25. The number of aliphatic hydroxyl groups is 1. The molecule has 27 heavy (non-hydrogen) atoms. The van der Waals surface area contributed by atoms with Crippen molar-refractivity contribution in [2.45, 2.75) is 36.3 Å². The van der Waals surface area contributed by atoms with Crippen molar-refractivity contribution in [1.82, 2.24) is 10.2 Å². The number of thioether (sulfide) groups is 1. The summed E-state index contributed by atoms with van der Waals surface area (Å²) in [5.41, 5.74) is 0. The molecule has 10 heteroatoms. The van der Waals surface area contributed by atoms with E-state index < -0.39 is 15.9 Å². The lowest BCUT2D eigenvalue weighted by Gasteiger charge is -2.36. The Kier molecular flexibility index (Phi) is 11.0. The molecule has 2 rings (SSSR count). The maximum absolute atomic E-state index is 12.3. The van der Waals surface area contributed by atoms with Crippen LogP contribution in [0.15, 0.2) is 26.7 Å². The van der Waals surface area contributed by atoms with Crippen molar-refractivity contribution in [2.24, 2.45) is 10.9 Å². The van der Waals surface area contributed by atoms with Crippen LogP contribution >= 0.6 is 47.1 Å². The lowest BCUT2D eigenvalue weighted by molar-refractivity contribution is 0.205. The highest BCUT2D eigenvalue weighted by atomic mass is 127. The molecule has 0 amide bonds. The zero-order valence-corrected chi connectivity index (χ0v) is 20.8. The maximum Gasteiger partial charge on any atom is 0.194 e. The minimum atomic E-state index is -3.46. The summed E-state index contributed by atoms with van der Waals surface area (Å²) in [6.45, 7) is 9.09. The van der Waals surface area contributed by atoms with Gasteiger partial charge in [0.25, 0.3) is 0 Å². The smallest absolute Gasteiger partial charge is 0.194 e. The number of aliphatic imine (C=N–C) groups is 1. The Morgan fingerprint density at radius 2 is 2.22 bits per heavy atom. The average Bonchev–Trinajstić information content (AvgIpc) is 3.14. The molecule has 1 aromatic heterocycles. The first-order valence-electron chi connectivity index (χ1n) is 8.92. The van der Waals surface area contributed by atoms with Crippen molar-refractivity contribution in [1.29, 1.82) is 0 Å². The van der Waals surface area contributed by atoms with Gasteiger partial charge in [-0.15, -0.1) is 35.3 Å². The fourth-order valence-corrected chi connectivity index (χ4v) is 6.48. The number of aliphatic hydroxyl groups excluding tert-OH is 1. The highest BCUT2D eigenvalue weighted by Gasteiger charge is 2.25. The van der Waals surface area contributed by atoms with Crippen molar-refractivity contribution in [2.75, 3.05) is 37.7 Å². The van der Waals surface area contributed by atoms with E-state index in [1.54, 1.807) is 17.5 Å². The van der Waals surface area contributed by atoms with E-state index in [2.05, 4.69) is 29.1 Å². The van der Waals surface area contributed by atoms with Gasteiger partial charge in [0, 0.05) is 30.6 Å².